The minimum absolute atomic E-state index is 0.0155. The Morgan fingerprint density at radius 2 is 1.74 bits per heavy atom. The number of amides is 1. The molecule has 2 fully saturated rings. The van der Waals surface area contributed by atoms with E-state index in [-0.39, 0.29) is 40.3 Å². The van der Waals surface area contributed by atoms with Gasteiger partial charge in [0.2, 0.25) is 15.9 Å². The predicted octanol–water partition coefficient (Wildman–Crippen LogP) is 3.66. The molecule has 38 heavy (non-hydrogen) atoms. The Hall–Kier alpha value is -3.12. The van der Waals surface area contributed by atoms with Crippen molar-refractivity contribution in [2.75, 3.05) is 19.6 Å². The molecule has 1 atom stereocenters. The third-order valence-corrected chi connectivity index (χ3v) is 9.95. The summed E-state index contributed by atoms with van der Waals surface area (Å²) in [5.41, 5.74) is 1.51. The van der Waals surface area contributed by atoms with Gasteiger partial charge in [0.15, 0.2) is 5.78 Å². The highest BCUT2D eigenvalue weighted by Gasteiger charge is 2.44. The summed E-state index contributed by atoms with van der Waals surface area (Å²) in [5, 5.41) is 16.0. The number of likely N-dealkylation sites (tertiary alicyclic amines) is 1. The number of carbonyl (C=O) groups excluding carboxylic acids is 2. The molecule has 11 nitrogen and oxygen atoms in total. The Bertz CT molecular complexity index is 1390. The van der Waals surface area contributed by atoms with Crippen LogP contribution in [0.25, 0.3) is 0 Å². The van der Waals surface area contributed by atoms with E-state index in [0.717, 1.165) is 18.5 Å². The van der Waals surface area contributed by atoms with E-state index >= 15 is 0 Å². The van der Waals surface area contributed by atoms with Gasteiger partial charge in [-0.2, -0.15) is 9.40 Å². The molecular weight excluding hydrogens is 510 g/mol. The lowest BCUT2D eigenvalue weighted by atomic mass is 9.75. The van der Waals surface area contributed by atoms with Crippen LogP contribution in [0.5, 0.6) is 0 Å². The van der Waals surface area contributed by atoms with Crippen molar-refractivity contribution < 1.29 is 22.9 Å². The lowest BCUT2D eigenvalue weighted by Gasteiger charge is -2.34. The van der Waals surface area contributed by atoms with E-state index in [1.165, 1.54) is 28.6 Å². The number of Topliss-reactive ketones (excluding diaryl/α,β-unsaturated/α-hetero) is 1. The number of benzene rings is 1. The molecule has 1 aromatic carbocycles. The summed E-state index contributed by atoms with van der Waals surface area (Å²) >= 11 is 0. The molecular formula is C26H33N5O6S. The molecule has 0 spiro atoms. The van der Waals surface area contributed by atoms with Gasteiger partial charge in [-0.3, -0.25) is 24.4 Å². The Balaban J connectivity index is 1.53. The van der Waals surface area contributed by atoms with Crippen molar-refractivity contribution >= 4 is 27.4 Å². The summed E-state index contributed by atoms with van der Waals surface area (Å²) in [6, 6.07) is 4.32. The van der Waals surface area contributed by atoms with Gasteiger partial charge >= 0.3 is 0 Å². The third kappa shape index (κ3) is 4.64. The number of ketones is 1. The van der Waals surface area contributed by atoms with E-state index in [0.29, 0.717) is 50.0 Å². The van der Waals surface area contributed by atoms with Crippen LogP contribution in [0.3, 0.4) is 0 Å². The van der Waals surface area contributed by atoms with E-state index in [1.807, 2.05) is 9.58 Å². The molecule has 1 amide bonds. The molecule has 0 saturated carbocycles. The number of carbonyl (C=O) groups is 2. The van der Waals surface area contributed by atoms with Gasteiger partial charge in [0.1, 0.15) is 0 Å². The Morgan fingerprint density at radius 1 is 1.08 bits per heavy atom. The van der Waals surface area contributed by atoms with Gasteiger partial charge < -0.3 is 4.90 Å². The fourth-order valence-corrected chi connectivity index (χ4v) is 7.80. The quantitative estimate of drug-likeness (QED) is 0.415. The van der Waals surface area contributed by atoms with E-state index in [2.05, 4.69) is 13.8 Å². The van der Waals surface area contributed by atoms with Gasteiger partial charge in [-0.15, -0.1) is 0 Å². The highest BCUT2D eigenvalue weighted by atomic mass is 32.2. The van der Waals surface area contributed by atoms with Crippen molar-refractivity contribution in [2.24, 2.45) is 5.41 Å². The zero-order valence-corrected chi connectivity index (χ0v) is 22.7. The van der Waals surface area contributed by atoms with Crippen LogP contribution in [-0.2, 0) is 21.2 Å². The number of nitro groups is 1. The molecule has 0 N–H and O–H groups in total. The molecule has 2 aromatic rings. The van der Waals surface area contributed by atoms with Crippen LogP contribution in [0, 0.1) is 15.5 Å². The van der Waals surface area contributed by atoms with Gasteiger partial charge in [0, 0.05) is 45.1 Å². The number of piperidine rings is 1. The van der Waals surface area contributed by atoms with E-state index in [9.17, 15) is 28.1 Å². The van der Waals surface area contributed by atoms with Gasteiger partial charge in [0.25, 0.3) is 5.69 Å². The number of non-ortho nitro benzene ring substituents is 1. The number of hydrogen-bond donors (Lipinski definition) is 0. The summed E-state index contributed by atoms with van der Waals surface area (Å²) in [6.45, 7) is 7.20. The van der Waals surface area contributed by atoms with Gasteiger partial charge in [0.05, 0.1) is 38.9 Å². The number of nitrogens with zero attached hydrogens (tertiary/aromatic N) is 5. The molecule has 1 aromatic heterocycles. The molecule has 12 heteroatoms. The van der Waals surface area contributed by atoms with Crippen LogP contribution < -0.4 is 0 Å². The molecule has 3 aliphatic rings. The maximum absolute atomic E-state index is 13.7. The van der Waals surface area contributed by atoms with Crippen LogP contribution in [-0.4, -0.2) is 63.7 Å². The topological polar surface area (TPSA) is 136 Å². The van der Waals surface area contributed by atoms with Crippen LogP contribution >= 0.6 is 0 Å². The van der Waals surface area contributed by atoms with Crippen LogP contribution in [0.15, 0.2) is 29.2 Å². The summed E-state index contributed by atoms with van der Waals surface area (Å²) in [6.07, 6.45) is 3.62. The molecule has 2 saturated heterocycles. The molecule has 5 rings (SSSR count). The largest absolute Gasteiger partial charge is 0.343 e. The number of rotatable bonds is 5. The zero-order chi connectivity index (χ0) is 27.4. The summed E-state index contributed by atoms with van der Waals surface area (Å²) < 4.78 is 30.7. The minimum Gasteiger partial charge on any atom is -0.343 e. The molecule has 1 aliphatic carbocycles. The summed E-state index contributed by atoms with van der Waals surface area (Å²) in [4.78, 5) is 37.6. The molecule has 0 radical (unpaired) electrons. The van der Waals surface area contributed by atoms with Crippen molar-refractivity contribution in [2.45, 2.75) is 76.3 Å². The Labute approximate surface area is 222 Å². The zero-order valence-electron chi connectivity index (χ0n) is 21.9. The highest BCUT2D eigenvalue weighted by Crippen LogP contribution is 2.44. The number of fused-ring (bicyclic) bond motifs is 1. The second kappa shape index (κ2) is 9.57. The fraction of sp³-hybridized carbons (Fsp3) is 0.577. The fourth-order valence-electron chi connectivity index (χ4n) is 6.14. The van der Waals surface area contributed by atoms with Crippen molar-refractivity contribution in [1.29, 1.82) is 0 Å². The molecule has 2 aliphatic heterocycles. The number of sulfonamides is 1. The predicted molar refractivity (Wildman–Crippen MR) is 138 cm³/mol. The molecule has 0 unspecified atom stereocenters. The average Bonchev–Trinajstić information content (AvgIpc) is 3.49. The first-order chi connectivity index (χ1) is 17.9. The standard InChI is InChI=1S/C26H33N5O6S/c1-17(32)28-13-10-18(11-14-28)30-22-15-26(2,3)16-23(33)24(22)25(27-30)21-5-4-12-29(21)38(36,37)20-8-6-19(7-9-20)31(34)35/h6-9,18,21H,4-5,10-16H2,1-3H3/t21-/m0/s1. The Kier molecular flexibility index (Phi) is 6.67. The highest BCUT2D eigenvalue weighted by molar-refractivity contribution is 7.89. The first-order valence-electron chi connectivity index (χ1n) is 13.1. The Morgan fingerprint density at radius 3 is 2.34 bits per heavy atom. The van der Waals surface area contributed by atoms with Gasteiger partial charge in [-0.1, -0.05) is 13.8 Å². The van der Waals surface area contributed by atoms with Crippen LogP contribution in [0.2, 0.25) is 0 Å². The van der Waals surface area contributed by atoms with Crippen LogP contribution in [0.1, 0.15) is 86.7 Å². The van der Waals surface area contributed by atoms with Crippen LogP contribution in [0.4, 0.5) is 5.69 Å². The molecule has 0 bridgehead atoms. The second-order valence-corrected chi connectivity index (χ2v) is 13.2. The van der Waals surface area contributed by atoms with Crippen molar-refractivity contribution in [1.82, 2.24) is 19.0 Å². The lowest BCUT2D eigenvalue weighted by molar-refractivity contribution is -0.384. The van der Waals surface area contributed by atoms with E-state index < -0.39 is 21.0 Å². The normalized spacial score (nSPS) is 22.4. The van der Waals surface area contributed by atoms with Gasteiger partial charge in [-0.05, 0) is 49.7 Å². The first kappa shape index (κ1) is 26.5. The maximum Gasteiger partial charge on any atom is 0.269 e. The molecule has 3 heterocycles. The van der Waals surface area contributed by atoms with Crippen molar-refractivity contribution in [3.8, 4) is 0 Å². The minimum atomic E-state index is -3.97. The monoisotopic (exact) mass is 543 g/mol. The number of aromatic nitrogens is 2. The van der Waals surface area contributed by atoms with E-state index in [4.69, 9.17) is 5.10 Å². The average molecular weight is 544 g/mol. The summed E-state index contributed by atoms with van der Waals surface area (Å²) in [7, 11) is -3.97. The second-order valence-electron chi connectivity index (χ2n) is 11.4. The van der Waals surface area contributed by atoms with E-state index in [1.54, 1.807) is 6.92 Å². The molecule has 204 valence electrons. The van der Waals surface area contributed by atoms with Crippen molar-refractivity contribution in [3.05, 3.63) is 51.3 Å². The van der Waals surface area contributed by atoms with Gasteiger partial charge in [-0.25, -0.2) is 8.42 Å². The maximum atomic E-state index is 13.7. The van der Waals surface area contributed by atoms with Crippen molar-refractivity contribution in [3.63, 3.8) is 0 Å². The third-order valence-electron chi connectivity index (χ3n) is 8.03. The number of nitro benzene ring substituents is 1. The smallest absolute Gasteiger partial charge is 0.269 e. The first-order valence-corrected chi connectivity index (χ1v) is 14.5. The lowest BCUT2D eigenvalue weighted by Crippen LogP contribution is -2.38. The SMILES string of the molecule is CC(=O)N1CCC(n2nc([C@@H]3CCCN3S(=O)(=O)c3ccc([N+](=O)[O-])cc3)c3c2CC(C)(C)CC3=O)CC1. The number of hydrogen-bond acceptors (Lipinski definition) is 7. The summed E-state index contributed by atoms with van der Waals surface area (Å²) in [5.74, 6) is 0.0271.